The summed E-state index contributed by atoms with van der Waals surface area (Å²) in [6.07, 6.45) is 1.09. The molecule has 3 heteroatoms. The van der Waals surface area contributed by atoms with Crippen molar-refractivity contribution in [3.05, 3.63) is 40.7 Å². The first-order valence-electron chi connectivity index (χ1n) is 5.83. The van der Waals surface area contributed by atoms with Gasteiger partial charge >= 0.3 is 0 Å². The molecule has 0 N–H and O–H groups in total. The van der Waals surface area contributed by atoms with E-state index in [1.807, 2.05) is 13.0 Å². The van der Waals surface area contributed by atoms with E-state index in [-0.39, 0.29) is 5.82 Å². The Labute approximate surface area is 105 Å². The van der Waals surface area contributed by atoms with Crippen LogP contribution in [0.2, 0.25) is 0 Å². The summed E-state index contributed by atoms with van der Waals surface area (Å²) in [5.41, 5.74) is 3.11. The molecule has 1 heterocycles. The Hall–Kier alpha value is -1.22. The topological polar surface area (TPSA) is 12.9 Å². The van der Waals surface area contributed by atoms with Gasteiger partial charge < -0.3 is 0 Å². The highest BCUT2D eigenvalue weighted by Gasteiger charge is 2.11. The Morgan fingerprint density at radius 1 is 1.41 bits per heavy atom. The molecule has 2 rings (SSSR count). The van der Waals surface area contributed by atoms with Gasteiger partial charge in [-0.25, -0.2) is 9.37 Å². The number of hydrogen-bond donors (Lipinski definition) is 0. The molecule has 2 aromatic rings. The number of hydrogen-bond acceptors (Lipinski definition) is 2. The van der Waals surface area contributed by atoms with Crippen molar-refractivity contribution in [1.29, 1.82) is 0 Å². The Morgan fingerprint density at radius 3 is 2.82 bits per heavy atom. The summed E-state index contributed by atoms with van der Waals surface area (Å²) in [7, 11) is 0. The van der Waals surface area contributed by atoms with Gasteiger partial charge in [-0.2, -0.15) is 0 Å². The van der Waals surface area contributed by atoms with Crippen molar-refractivity contribution in [1.82, 2.24) is 4.98 Å². The van der Waals surface area contributed by atoms with Crippen molar-refractivity contribution in [3.63, 3.8) is 0 Å². The van der Waals surface area contributed by atoms with E-state index >= 15 is 0 Å². The summed E-state index contributed by atoms with van der Waals surface area (Å²) in [4.78, 5) is 4.64. The molecule has 1 aromatic heterocycles. The lowest BCUT2D eigenvalue weighted by atomic mass is 10.1. The molecule has 17 heavy (non-hydrogen) atoms. The number of nitrogens with zero attached hydrogens (tertiary/aromatic N) is 1. The van der Waals surface area contributed by atoms with Gasteiger partial charge in [-0.3, -0.25) is 0 Å². The fourth-order valence-electron chi connectivity index (χ4n) is 1.71. The van der Waals surface area contributed by atoms with Crippen LogP contribution in [0.3, 0.4) is 0 Å². The second-order valence-electron chi connectivity index (χ2n) is 4.35. The van der Waals surface area contributed by atoms with E-state index < -0.39 is 0 Å². The van der Waals surface area contributed by atoms with Gasteiger partial charge in [0.15, 0.2) is 0 Å². The van der Waals surface area contributed by atoms with Crippen molar-refractivity contribution in [2.45, 2.75) is 33.1 Å². The van der Waals surface area contributed by atoms with E-state index in [9.17, 15) is 4.39 Å². The van der Waals surface area contributed by atoms with Gasteiger partial charge in [-0.15, -0.1) is 11.3 Å². The predicted octanol–water partition coefficient (Wildman–Crippen LogP) is 4.77. The third-order valence-electron chi connectivity index (χ3n) is 3.06. The van der Waals surface area contributed by atoms with Crippen LogP contribution < -0.4 is 0 Å². The van der Waals surface area contributed by atoms with Crippen molar-refractivity contribution < 1.29 is 4.39 Å². The molecule has 1 nitrogen and oxygen atoms in total. The molecule has 1 aromatic carbocycles. The fraction of sp³-hybridized carbons (Fsp3) is 0.357. The third kappa shape index (κ3) is 2.55. The predicted molar refractivity (Wildman–Crippen MR) is 71.0 cm³/mol. The van der Waals surface area contributed by atoms with Crippen LogP contribution in [0.4, 0.5) is 4.39 Å². The van der Waals surface area contributed by atoms with Gasteiger partial charge in [0.05, 0.1) is 5.69 Å². The van der Waals surface area contributed by atoms with Crippen LogP contribution in [0, 0.1) is 12.7 Å². The summed E-state index contributed by atoms with van der Waals surface area (Å²) in [6, 6.07) is 4.86. The number of aryl methyl sites for hydroxylation is 1. The summed E-state index contributed by atoms with van der Waals surface area (Å²) >= 11 is 1.63. The molecule has 0 radical (unpaired) electrons. The Bertz CT molecular complexity index is 519. The van der Waals surface area contributed by atoms with E-state index in [0.717, 1.165) is 28.2 Å². The molecule has 0 aliphatic carbocycles. The van der Waals surface area contributed by atoms with Gasteiger partial charge in [-0.1, -0.05) is 13.8 Å². The van der Waals surface area contributed by atoms with Crippen LogP contribution in [-0.2, 0) is 0 Å². The van der Waals surface area contributed by atoms with Crippen LogP contribution in [0.15, 0.2) is 23.6 Å². The SMILES string of the molecule is CCC(C)c1csc(-c2ccc(F)cc2C)n1. The van der Waals surface area contributed by atoms with E-state index in [1.165, 1.54) is 6.07 Å². The largest absolute Gasteiger partial charge is 0.241 e. The highest BCUT2D eigenvalue weighted by Crippen LogP contribution is 2.30. The molecule has 0 saturated carbocycles. The number of aromatic nitrogens is 1. The smallest absolute Gasteiger partial charge is 0.123 e. The van der Waals surface area contributed by atoms with Crippen LogP contribution in [0.25, 0.3) is 10.6 Å². The number of rotatable bonds is 3. The molecule has 0 saturated heterocycles. The zero-order chi connectivity index (χ0) is 12.4. The maximum absolute atomic E-state index is 13.0. The minimum atomic E-state index is -0.190. The first-order valence-corrected chi connectivity index (χ1v) is 6.71. The fourth-order valence-corrected chi connectivity index (χ4v) is 2.74. The van der Waals surface area contributed by atoms with Crippen molar-refractivity contribution in [2.24, 2.45) is 0 Å². The van der Waals surface area contributed by atoms with E-state index in [1.54, 1.807) is 17.4 Å². The first kappa shape index (κ1) is 12.2. The lowest BCUT2D eigenvalue weighted by molar-refractivity contribution is 0.627. The number of halogens is 1. The molecule has 0 amide bonds. The van der Waals surface area contributed by atoms with Crippen LogP contribution in [0.5, 0.6) is 0 Å². The summed E-state index contributed by atoms with van der Waals surface area (Å²) in [5.74, 6) is 0.297. The zero-order valence-corrected chi connectivity index (χ0v) is 11.1. The average Bonchev–Trinajstić information content (AvgIpc) is 2.77. The standard InChI is InChI=1S/C14H16FNS/c1-4-9(2)13-8-17-14(16-13)12-6-5-11(15)7-10(12)3/h5-9H,4H2,1-3H3. The normalized spacial score (nSPS) is 12.7. The van der Waals surface area contributed by atoms with Crippen molar-refractivity contribution in [2.75, 3.05) is 0 Å². The Morgan fingerprint density at radius 2 is 2.18 bits per heavy atom. The Kier molecular flexibility index (Phi) is 3.57. The van der Waals surface area contributed by atoms with Crippen LogP contribution in [0.1, 0.15) is 37.4 Å². The maximum Gasteiger partial charge on any atom is 0.123 e. The minimum Gasteiger partial charge on any atom is -0.241 e. The molecule has 0 aliphatic rings. The highest BCUT2D eigenvalue weighted by molar-refractivity contribution is 7.13. The van der Waals surface area contributed by atoms with E-state index in [0.29, 0.717) is 5.92 Å². The maximum atomic E-state index is 13.0. The molecular weight excluding hydrogens is 233 g/mol. The van der Waals surface area contributed by atoms with Gasteiger partial charge in [0.25, 0.3) is 0 Å². The lowest BCUT2D eigenvalue weighted by Crippen LogP contribution is -1.91. The van der Waals surface area contributed by atoms with E-state index in [4.69, 9.17) is 0 Å². The number of benzene rings is 1. The average molecular weight is 249 g/mol. The van der Waals surface area contributed by atoms with E-state index in [2.05, 4.69) is 24.2 Å². The van der Waals surface area contributed by atoms with Crippen molar-refractivity contribution >= 4 is 11.3 Å². The zero-order valence-electron chi connectivity index (χ0n) is 10.3. The summed E-state index contributed by atoms with van der Waals surface area (Å²) < 4.78 is 13.0. The molecule has 0 bridgehead atoms. The quantitative estimate of drug-likeness (QED) is 0.763. The van der Waals surface area contributed by atoms with Crippen molar-refractivity contribution in [3.8, 4) is 10.6 Å². The highest BCUT2D eigenvalue weighted by atomic mass is 32.1. The molecular formula is C14H16FNS. The van der Waals surface area contributed by atoms with Gasteiger partial charge in [-0.05, 0) is 43.0 Å². The molecule has 0 spiro atoms. The summed E-state index contributed by atoms with van der Waals surface area (Å²) in [5, 5.41) is 3.09. The second kappa shape index (κ2) is 4.96. The molecule has 0 aliphatic heterocycles. The molecule has 90 valence electrons. The first-order chi connectivity index (χ1) is 8.11. The molecule has 1 unspecified atom stereocenters. The molecule has 0 fully saturated rings. The van der Waals surface area contributed by atoms with Crippen LogP contribution in [-0.4, -0.2) is 4.98 Å². The third-order valence-corrected chi connectivity index (χ3v) is 3.95. The second-order valence-corrected chi connectivity index (χ2v) is 5.20. The van der Waals surface area contributed by atoms with Gasteiger partial charge in [0, 0.05) is 10.9 Å². The minimum absolute atomic E-state index is 0.190. The molecule has 1 atom stereocenters. The van der Waals surface area contributed by atoms with Gasteiger partial charge in [0.1, 0.15) is 10.8 Å². The lowest BCUT2D eigenvalue weighted by Gasteiger charge is -2.04. The number of thiazole rings is 1. The van der Waals surface area contributed by atoms with Gasteiger partial charge in [0.2, 0.25) is 0 Å². The summed E-state index contributed by atoms with van der Waals surface area (Å²) in [6.45, 7) is 6.26. The Balaban J connectivity index is 2.37. The monoisotopic (exact) mass is 249 g/mol. The van der Waals surface area contributed by atoms with Crippen LogP contribution >= 0.6 is 11.3 Å².